The lowest BCUT2D eigenvalue weighted by Crippen LogP contribution is -2.05. The quantitative estimate of drug-likeness (QED) is 0.619. The van der Waals surface area contributed by atoms with Crippen LogP contribution in [0.4, 0.5) is 17.3 Å². The van der Waals surface area contributed by atoms with E-state index in [0.29, 0.717) is 22.9 Å². The van der Waals surface area contributed by atoms with E-state index in [1.165, 1.54) is 19.7 Å². The number of anilines is 3. The van der Waals surface area contributed by atoms with Crippen molar-refractivity contribution in [1.82, 2.24) is 9.97 Å². The Morgan fingerprint density at radius 3 is 2.36 bits per heavy atom. The monoisotopic (exact) mass is 303 g/mol. The zero-order valence-electron chi connectivity index (χ0n) is 12.5. The predicted molar refractivity (Wildman–Crippen MR) is 83.9 cm³/mol. The van der Waals surface area contributed by atoms with Crippen LogP contribution in [-0.4, -0.2) is 37.5 Å². The fourth-order valence-corrected chi connectivity index (χ4v) is 1.76. The van der Waals surface area contributed by atoms with Gasteiger partial charge in [0.2, 0.25) is 0 Å². The first-order chi connectivity index (χ1) is 10.7. The average Bonchev–Trinajstić information content (AvgIpc) is 2.54. The van der Waals surface area contributed by atoms with Crippen LogP contribution in [0.3, 0.4) is 0 Å². The Kier molecular flexibility index (Phi) is 4.97. The molecule has 0 aliphatic rings. The van der Waals surface area contributed by atoms with Crippen molar-refractivity contribution in [3.05, 3.63) is 30.1 Å². The molecule has 0 amide bonds. The minimum absolute atomic E-state index is 0.285. The zero-order valence-corrected chi connectivity index (χ0v) is 12.5. The number of nitrogens with two attached hydrogens (primary N) is 1. The number of benzene rings is 1. The maximum atomic E-state index is 5.84. The van der Waals surface area contributed by atoms with Gasteiger partial charge in [-0.2, -0.15) is 0 Å². The second-order valence-electron chi connectivity index (χ2n) is 4.16. The van der Waals surface area contributed by atoms with E-state index >= 15 is 0 Å². The van der Waals surface area contributed by atoms with Crippen LogP contribution in [0.5, 0.6) is 11.5 Å². The summed E-state index contributed by atoms with van der Waals surface area (Å²) in [6.07, 6.45) is 2.80. The molecule has 0 fully saturated rings. The van der Waals surface area contributed by atoms with E-state index in [9.17, 15) is 0 Å². The number of nitrogen functional groups attached to an aromatic ring is 1. The third kappa shape index (κ3) is 3.54. The minimum Gasteiger partial charge on any atom is -0.497 e. The number of hydrogen-bond donors (Lipinski definition) is 2. The number of nitrogens with one attached hydrogen (secondary N) is 1. The summed E-state index contributed by atoms with van der Waals surface area (Å²) >= 11 is 0. The average molecular weight is 303 g/mol. The second-order valence-corrected chi connectivity index (χ2v) is 4.16. The summed E-state index contributed by atoms with van der Waals surface area (Å²) in [5.41, 5.74) is 7.08. The predicted octanol–water partition coefficient (Wildman–Crippen LogP) is 1.80. The molecule has 1 aromatic heterocycles. The van der Waals surface area contributed by atoms with Gasteiger partial charge in [0.15, 0.2) is 0 Å². The number of oxime groups is 1. The van der Waals surface area contributed by atoms with Crippen molar-refractivity contribution in [1.29, 1.82) is 0 Å². The first-order valence-corrected chi connectivity index (χ1v) is 6.35. The van der Waals surface area contributed by atoms with Crippen LogP contribution in [0.25, 0.3) is 0 Å². The summed E-state index contributed by atoms with van der Waals surface area (Å²) in [5.74, 6) is 2.07. The lowest BCUT2D eigenvalue weighted by Gasteiger charge is -2.12. The van der Waals surface area contributed by atoms with Crippen molar-refractivity contribution in [2.24, 2.45) is 5.16 Å². The van der Waals surface area contributed by atoms with E-state index in [1.807, 2.05) is 0 Å². The molecule has 0 radical (unpaired) electrons. The number of rotatable bonds is 6. The smallest absolute Gasteiger partial charge is 0.144 e. The van der Waals surface area contributed by atoms with Crippen molar-refractivity contribution >= 4 is 23.5 Å². The molecule has 116 valence electrons. The fraction of sp³-hybridized carbons (Fsp3) is 0.214. The van der Waals surface area contributed by atoms with E-state index in [4.69, 9.17) is 15.2 Å². The van der Waals surface area contributed by atoms with Crippen molar-refractivity contribution in [2.45, 2.75) is 0 Å². The molecular formula is C14H17N5O3. The van der Waals surface area contributed by atoms with Crippen molar-refractivity contribution in [3.8, 4) is 11.5 Å². The van der Waals surface area contributed by atoms with E-state index in [1.54, 1.807) is 32.4 Å². The standard InChI is InChI=1S/C14H17N5O3/c1-20-10-4-9(5-11(6-10)21-2)19-14-12(7-18-22-3)13(15)16-8-17-14/h4-8H,1-3H3,(H3,15,16,17,19)/b18-7+. The summed E-state index contributed by atoms with van der Waals surface area (Å²) in [5, 5.41) is 6.83. The Balaban J connectivity index is 2.38. The first kappa shape index (κ1) is 15.4. The summed E-state index contributed by atoms with van der Waals surface area (Å²) in [6, 6.07) is 5.38. The van der Waals surface area contributed by atoms with Crippen molar-refractivity contribution < 1.29 is 14.3 Å². The van der Waals surface area contributed by atoms with Gasteiger partial charge < -0.3 is 25.4 Å². The molecule has 1 heterocycles. The topological polar surface area (TPSA) is 104 Å². The molecule has 0 spiro atoms. The van der Waals surface area contributed by atoms with Crippen LogP contribution in [0.15, 0.2) is 29.7 Å². The highest BCUT2D eigenvalue weighted by molar-refractivity contribution is 5.92. The molecule has 3 N–H and O–H groups in total. The molecule has 0 aliphatic carbocycles. The summed E-state index contributed by atoms with van der Waals surface area (Å²) < 4.78 is 10.5. The molecule has 0 saturated carbocycles. The Labute approximate surface area is 127 Å². The van der Waals surface area contributed by atoms with Gasteiger partial charge in [0, 0.05) is 23.9 Å². The van der Waals surface area contributed by atoms with Crippen LogP contribution in [0.1, 0.15) is 5.56 Å². The molecule has 0 saturated heterocycles. The minimum atomic E-state index is 0.285. The van der Waals surface area contributed by atoms with Crippen molar-refractivity contribution in [2.75, 3.05) is 32.4 Å². The fourth-order valence-electron chi connectivity index (χ4n) is 1.76. The Morgan fingerprint density at radius 1 is 1.09 bits per heavy atom. The van der Waals surface area contributed by atoms with Crippen LogP contribution >= 0.6 is 0 Å². The lowest BCUT2D eigenvalue weighted by atomic mass is 10.2. The number of nitrogens with zero attached hydrogens (tertiary/aromatic N) is 3. The second kappa shape index (κ2) is 7.11. The Bertz CT molecular complexity index is 653. The van der Waals surface area contributed by atoms with Gasteiger partial charge in [0.25, 0.3) is 0 Å². The Morgan fingerprint density at radius 2 is 1.77 bits per heavy atom. The number of methoxy groups -OCH3 is 2. The maximum absolute atomic E-state index is 5.84. The number of ether oxygens (including phenoxy) is 2. The van der Waals surface area contributed by atoms with Gasteiger partial charge in [-0.15, -0.1) is 0 Å². The lowest BCUT2D eigenvalue weighted by molar-refractivity contribution is 0.215. The zero-order chi connectivity index (χ0) is 15.9. The molecule has 0 unspecified atom stereocenters. The molecule has 0 atom stereocenters. The summed E-state index contributed by atoms with van der Waals surface area (Å²) in [7, 11) is 4.60. The molecule has 8 heteroatoms. The van der Waals surface area contributed by atoms with E-state index in [2.05, 4.69) is 25.3 Å². The van der Waals surface area contributed by atoms with Crippen LogP contribution in [0, 0.1) is 0 Å². The number of hydrogen-bond acceptors (Lipinski definition) is 8. The van der Waals surface area contributed by atoms with Crippen LogP contribution in [-0.2, 0) is 4.84 Å². The third-order valence-electron chi connectivity index (χ3n) is 2.82. The van der Waals surface area contributed by atoms with Gasteiger partial charge in [-0.05, 0) is 0 Å². The highest BCUT2D eigenvalue weighted by atomic mass is 16.6. The van der Waals surface area contributed by atoms with Crippen molar-refractivity contribution in [3.63, 3.8) is 0 Å². The van der Waals surface area contributed by atoms with Gasteiger partial charge in [-0.3, -0.25) is 0 Å². The maximum Gasteiger partial charge on any atom is 0.144 e. The van der Waals surface area contributed by atoms with E-state index < -0.39 is 0 Å². The largest absolute Gasteiger partial charge is 0.497 e. The van der Waals surface area contributed by atoms with E-state index in [0.717, 1.165) is 5.69 Å². The van der Waals surface area contributed by atoms with E-state index in [-0.39, 0.29) is 5.82 Å². The number of aromatic nitrogens is 2. The molecule has 8 nitrogen and oxygen atoms in total. The van der Waals surface area contributed by atoms with Crippen LogP contribution < -0.4 is 20.5 Å². The SMILES string of the molecule is CO/N=C/c1c(N)ncnc1Nc1cc(OC)cc(OC)c1. The molecule has 2 rings (SSSR count). The van der Waals surface area contributed by atoms with Crippen LogP contribution in [0.2, 0.25) is 0 Å². The summed E-state index contributed by atoms with van der Waals surface area (Å²) in [6.45, 7) is 0. The molecule has 0 bridgehead atoms. The van der Waals surface area contributed by atoms with Gasteiger partial charge >= 0.3 is 0 Å². The van der Waals surface area contributed by atoms with Gasteiger partial charge in [-0.25, -0.2) is 9.97 Å². The highest BCUT2D eigenvalue weighted by Crippen LogP contribution is 2.28. The Hall–Kier alpha value is -3.03. The van der Waals surface area contributed by atoms with Gasteiger partial charge in [0.05, 0.1) is 26.0 Å². The first-order valence-electron chi connectivity index (χ1n) is 6.35. The molecular weight excluding hydrogens is 286 g/mol. The van der Waals surface area contributed by atoms with Gasteiger partial charge in [-0.1, -0.05) is 5.16 Å². The highest BCUT2D eigenvalue weighted by Gasteiger charge is 2.09. The molecule has 0 aliphatic heterocycles. The third-order valence-corrected chi connectivity index (χ3v) is 2.82. The van der Waals surface area contributed by atoms with Gasteiger partial charge in [0.1, 0.15) is 36.6 Å². The molecule has 1 aromatic carbocycles. The molecule has 2 aromatic rings. The molecule has 22 heavy (non-hydrogen) atoms. The summed E-state index contributed by atoms with van der Waals surface area (Å²) in [4.78, 5) is 12.8. The normalized spacial score (nSPS) is 10.5.